The van der Waals surface area contributed by atoms with Gasteiger partial charge in [-0.2, -0.15) is 5.26 Å². The van der Waals surface area contributed by atoms with Gasteiger partial charge in [0.15, 0.2) is 11.5 Å². The highest BCUT2D eigenvalue weighted by molar-refractivity contribution is 5.86. The highest BCUT2D eigenvalue weighted by Gasteiger charge is 2.34. The Bertz CT molecular complexity index is 938. The van der Waals surface area contributed by atoms with Crippen molar-refractivity contribution in [2.45, 2.75) is 25.4 Å². The van der Waals surface area contributed by atoms with Gasteiger partial charge < -0.3 is 14.6 Å². The predicted molar refractivity (Wildman–Crippen MR) is 90.8 cm³/mol. The Morgan fingerprint density at radius 2 is 2.32 bits per heavy atom. The number of nitrogens with zero attached hydrogens (tertiary/aromatic N) is 4. The van der Waals surface area contributed by atoms with Crippen LogP contribution >= 0.6 is 0 Å². The molecule has 1 atom stereocenters. The molecule has 25 heavy (non-hydrogen) atoms. The van der Waals surface area contributed by atoms with E-state index in [0.29, 0.717) is 36.0 Å². The average Bonchev–Trinajstić information content (AvgIpc) is 3.37. The van der Waals surface area contributed by atoms with Gasteiger partial charge in [0.25, 0.3) is 0 Å². The number of furan rings is 1. The van der Waals surface area contributed by atoms with Crippen molar-refractivity contribution in [1.82, 2.24) is 14.7 Å². The molecule has 1 aliphatic heterocycles. The molecule has 7 heteroatoms. The maximum Gasteiger partial charge on any atom is 0.243 e. The molecule has 3 aromatic heterocycles. The van der Waals surface area contributed by atoms with Crippen molar-refractivity contribution >= 4 is 17.4 Å². The molecule has 1 saturated heterocycles. The smallest absolute Gasteiger partial charge is 0.243 e. The zero-order valence-electron chi connectivity index (χ0n) is 13.6. The maximum absolute atomic E-state index is 12.6. The third-order valence-corrected chi connectivity index (χ3v) is 4.46. The molecule has 1 N–H and O–H groups in total. The van der Waals surface area contributed by atoms with Crippen LogP contribution in [-0.4, -0.2) is 27.9 Å². The number of hydrogen-bond donors (Lipinski definition) is 1. The van der Waals surface area contributed by atoms with Crippen molar-refractivity contribution in [2.75, 3.05) is 11.4 Å². The van der Waals surface area contributed by atoms with E-state index in [2.05, 4.69) is 16.4 Å². The lowest BCUT2D eigenvalue weighted by Gasteiger charge is -2.23. The molecule has 7 nitrogen and oxygen atoms in total. The molecule has 4 rings (SSSR count). The molecule has 3 aromatic rings. The fraction of sp³-hybridized carbons (Fsp3) is 0.278. The number of hydrogen-bond acceptors (Lipinski definition) is 5. The first-order valence-electron chi connectivity index (χ1n) is 8.22. The summed E-state index contributed by atoms with van der Waals surface area (Å²) >= 11 is 0. The van der Waals surface area contributed by atoms with Crippen LogP contribution in [-0.2, 0) is 11.3 Å². The molecule has 0 unspecified atom stereocenters. The first-order valence-corrected chi connectivity index (χ1v) is 8.22. The summed E-state index contributed by atoms with van der Waals surface area (Å²) in [6.45, 7) is 1.06. The third-order valence-electron chi connectivity index (χ3n) is 4.46. The minimum atomic E-state index is -0.327. The number of nitriles is 1. The van der Waals surface area contributed by atoms with E-state index < -0.39 is 0 Å². The van der Waals surface area contributed by atoms with E-state index in [9.17, 15) is 10.1 Å². The minimum absolute atomic E-state index is 0.0742. The molecule has 0 aromatic carbocycles. The summed E-state index contributed by atoms with van der Waals surface area (Å²) in [7, 11) is 0. The molecule has 0 spiro atoms. The Morgan fingerprint density at radius 1 is 1.40 bits per heavy atom. The zero-order valence-corrected chi connectivity index (χ0v) is 13.6. The van der Waals surface area contributed by atoms with E-state index in [-0.39, 0.29) is 11.9 Å². The number of amides is 1. The van der Waals surface area contributed by atoms with Crippen molar-refractivity contribution in [2.24, 2.45) is 0 Å². The fourth-order valence-electron chi connectivity index (χ4n) is 3.29. The Hall–Kier alpha value is -3.27. The van der Waals surface area contributed by atoms with Gasteiger partial charge in [0.05, 0.1) is 12.8 Å². The van der Waals surface area contributed by atoms with Crippen LogP contribution in [0.3, 0.4) is 0 Å². The molecule has 126 valence electrons. The summed E-state index contributed by atoms with van der Waals surface area (Å²) in [5.74, 6) is 1.21. The normalized spacial score (nSPS) is 16.9. The molecule has 0 aliphatic carbocycles. The molecule has 1 fully saturated rings. The van der Waals surface area contributed by atoms with Gasteiger partial charge in [0, 0.05) is 12.7 Å². The molecule has 1 amide bonds. The van der Waals surface area contributed by atoms with Crippen molar-refractivity contribution in [3.63, 3.8) is 0 Å². The van der Waals surface area contributed by atoms with Crippen molar-refractivity contribution in [3.05, 3.63) is 54.2 Å². The molecular formula is C18H17N5O2. The largest absolute Gasteiger partial charge is 0.467 e. The zero-order chi connectivity index (χ0) is 17.2. The topological polar surface area (TPSA) is 86.6 Å². The summed E-state index contributed by atoms with van der Waals surface area (Å²) < 4.78 is 7.00. The van der Waals surface area contributed by atoms with Crippen LogP contribution in [0, 0.1) is 11.3 Å². The number of aromatic nitrogens is 2. The molecule has 1 aliphatic rings. The molecule has 0 radical (unpaired) electrons. The summed E-state index contributed by atoms with van der Waals surface area (Å²) in [5.41, 5.74) is 1.16. The lowest BCUT2D eigenvalue weighted by atomic mass is 10.2. The molecular weight excluding hydrogens is 318 g/mol. The van der Waals surface area contributed by atoms with Crippen LogP contribution in [0.2, 0.25) is 0 Å². The van der Waals surface area contributed by atoms with Gasteiger partial charge in [-0.3, -0.25) is 9.20 Å². The number of rotatable bonds is 4. The second-order valence-corrected chi connectivity index (χ2v) is 5.97. The van der Waals surface area contributed by atoms with E-state index in [0.717, 1.165) is 12.8 Å². The van der Waals surface area contributed by atoms with Gasteiger partial charge in [0.1, 0.15) is 23.5 Å². The summed E-state index contributed by atoms with van der Waals surface area (Å²) in [4.78, 5) is 19.1. The van der Waals surface area contributed by atoms with E-state index in [1.54, 1.807) is 16.7 Å². The Kier molecular flexibility index (Phi) is 3.86. The van der Waals surface area contributed by atoms with Crippen LogP contribution in [0.1, 0.15) is 24.3 Å². The van der Waals surface area contributed by atoms with Crippen LogP contribution in [0.25, 0.3) is 5.65 Å². The number of imidazole rings is 1. The van der Waals surface area contributed by atoms with Gasteiger partial charge >= 0.3 is 0 Å². The lowest BCUT2D eigenvalue weighted by Crippen LogP contribution is -2.43. The van der Waals surface area contributed by atoms with Gasteiger partial charge in [-0.15, -0.1) is 0 Å². The van der Waals surface area contributed by atoms with Gasteiger partial charge in [0.2, 0.25) is 5.91 Å². The first kappa shape index (κ1) is 15.3. The summed E-state index contributed by atoms with van der Waals surface area (Å²) in [6, 6.07) is 11.1. The molecule has 4 heterocycles. The van der Waals surface area contributed by atoms with Crippen LogP contribution in [0.5, 0.6) is 0 Å². The number of nitrogens with one attached hydrogen (secondary N) is 1. The van der Waals surface area contributed by atoms with E-state index in [1.807, 2.05) is 35.4 Å². The quantitative estimate of drug-likeness (QED) is 0.789. The van der Waals surface area contributed by atoms with E-state index >= 15 is 0 Å². The van der Waals surface area contributed by atoms with Crippen LogP contribution in [0.15, 0.2) is 47.2 Å². The van der Waals surface area contributed by atoms with Gasteiger partial charge in [-0.05, 0) is 37.1 Å². The standard InChI is InChI=1S/C18H17N5O2/c19-11-15-17(21-16-7-1-2-8-22(15)16)23-9-3-6-14(23)18(24)20-12-13-5-4-10-25-13/h1-2,4-5,7-8,10,14H,3,6,9,12H2,(H,20,24)/t14-/m0/s1. The number of carbonyl (C=O) groups excluding carboxylic acids is 1. The number of anilines is 1. The number of fused-ring (bicyclic) bond motifs is 1. The molecule has 0 bridgehead atoms. The lowest BCUT2D eigenvalue weighted by molar-refractivity contribution is -0.122. The van der Waals surface area contributed by atoms with E-state index in [4.69, 9.17) is 4.42 Å². The number of pyridine rings is 1. The van der Waals surface area contributed by atoms with Crippen LogP contribution < -0.4 is 10.2 Å². The van der Waals surface area contributed by atoms with Crippen molar-refractivity contribution < 1.29 is 9.21 Å². The highest BCUT2D eigenvalue weighted by atomic mass is 16.3. The second-order valence-electron chi connectivity index (χ2n) is 5.97. The van der Waals surface area contributed by atoms with Crippen LogP contribution in [0.4, 0.5) is 5.82 Å². The Balaban J connectivity index is 1.59. The average molecular weight is 335 g/mol. The Labute approximate surface area is 144 Å². The van der Waals surface area contributed by atoms with Crippen molar-refractivity contribution in [1.29, 1.82) is 5.26 Å². The van der Waals surface area contributed by atoms with Gasteiger partial charge in [-0.1, -0.05) is 6.07 Å². The molecule has 0 saturated carbocycles. The first-order chi connectivity index (χ1) is 12.3. The monoisotopic (exact) mass is 335 g/mol. The summed E-state index contributed by atoms with van der Waals surface area (Å²) in [5, 5.41) is 12.5. The maximum atomic E-state index is 12.6. The third kappa shape index (κ3) is 2.72. The highest BCUT2D eigenvalue weighted by Crippen LogP contribution is 2.28. The SMILES string of the molecule is N#Cc1c(N2CCC[C@H]2C(=O)NCc2ccco2)nc2ccccn12. The van der Waals surface area contributed by atoms with Gasteiger partial charge in [-0.25, -0.2) is 4.98 Å². The van der Waals surface area contributed by atoms with E-state index in [1.165, 1.54) is 0 Å². The fourth-order valence-corrected chi connectivity index (χ4v) is 3.29. The second kappa shape index (κ2) is 6.32. The number of carbonyl (C=O) groups is 1. The Morgan fingerprint density at radius 3 is 3.12 bits per heavy atom. The van der Waals surface area contributed by atoms with Crippen molar-refractivity contribution in [3.8, 4) is 6.07 Å². The minimum Gasteiger partial charge on any atom is -0.467 e. The summed E-state index contributed by atoms with van der Waals surface area (Å²) in [6.07, 6.45) is 5.02. The predicted octanol–water partition coefficient (Wildman–Crippen LogP) is 2.08.